The Hall–Kier alpha value is -2.45. The van der Waals surface area contributed by atoms with E-state index in [1.54, 1.807) is 23.1 Å². The highest BCUT2D eigenvalue weighted by Gasteiger charge is 2.18. The lowest BCUT2D eigenvalue weighted by molar-refractivity contribution is 0.529. The predicted octanol–water partition coefficient (Wildman–Crippen LogP) is 4.92. The number of aryl methyl sites for hydroxylation is 3. The maximum absolute atomic E-state index is 5.94. The fourth-order valence-corrected chi connectivity index (χ4v) is 5.55. The molecule has 148 valence electrons. The van der Waals surface area contributed by atoms with E-state index in [-0.39, 0.29) is 0 Å². The summed E-state index contributed by atoms with van der Waals surface area (Å²) in [7, 11) is 0. The number of benzene rings is 1. The third kappa shape index (κ3) is 4.00. The van der Waals surface area contributed by atoms with Crippen molar-refractivity contribution in [3.63, 3.8) is 0 Å². The number of aromatic nitrogens is 5. The van der Waals surface area contributed by atoms with Gasteiger partial charge in [-0.25, -0.2) is 0 Å². The summed E-state index contributed by atoms with van der Waals surface area (Å²) < 4.78 is 8.06. The highest BCUT2D eigenvalue weighted by Crippen LogP contribution is 2.35. The summed E-state index contributed by atoms with van der Waals surface area (Å²) in [4.78, 5) is 2.56. The minimum absolute atomic E-state index is 0.574. The van der Waals surface area contributed by atoms with Gasteiger partial charge in [0.2, 0.25) is 5.89 Å². The van der Waals surface area contributed by atoms with Gasteiger partial charge in [0.05, 0.1) is 17.2 Å². The zero-order valence-electron chi connectivity index (χ0n) is 16.2. The van der Waals surface area contributed by atoms with Crippen molar-refractivity contribution >= 4 is 23.1 Å². The molecule has 8 heteroatoms. The van der Waals surface area contributed by atoms with Gasteiger partial charge in [-0.15, -0.1) is 31.7 Å². The van der Waals surface area contributed by atoms with E-state index >= 15 is 0 Å². The molecule has 4 aromatic rings. The third-order valence-corrected chi connectivity index (χ3v) is 7.26. The summed E-state index contributed by atoms with van der Waals surface area (Å²) in [6, 6.07) is 12.6. The van der Waals surface area contributed by atoms with Crippen molar-refractivity contribution in [3.05, 3.63) is 64.1 Å². The van der Waals surface area contributed by atoms with Gasteiger partial charge in [-0.1, -0.05) is 42.1 Å². The maximum Gasteiger partial charge on any atom is 0.257 e. The number of hydrogen-bond donors (Lipinski definition) is 0. The molecule has 1 aliphatic rings. The van der Waals surface area contributed by atoms with Gasteiger partial charge in [-0.05, 0) is 49.8 Å². The van der Waals surface area contributed by atoms with Crippen molar-refractivity contribution in [3.8, 4) is 10.8 Å². The quantitative estimate of drug-likeness (QED) is 0.410. The fraction of sp³-hybridized carbons (Fsp3) is 0.333. The molecule has 3 heterocycles. The summed E-state index contributed by atoms with van der Waals surface area (Å²) in [6.45, 7) is 2.72. The van der Waals surface area contributed by atoms with Gasteiger partial charge in [-0.2, -0.15) is 0 Å². The standard InChI is InChI=1S/C21H21N5OS2/c1-14-22-25-21(26(14)12-15-7-3-2-4-8-15)28-13-19-23-24-20(27-19)18-11-16-9-5-6-10-17(16)29-18/h2-4,7-8,11H,5-6,9-10,12-13H2,1H3. The fourth-order valence-electron chi connectivity index (χ4n) is 3.55. The molecule has 0 amide bonds. The topological polar surface area (TPSA) is 69.6 Å². The van der Waals surface area contributed by atoms with Gasteiger partial charge in [0, 0.05) is 4.88 Å². The second-order valence-electron chi connectivity index (χ2n) is 7.16. The number of thioether (sulfide) groups is 1. The Morgan fingerprint density at radius 2 is 1.93 bits per heavy atom. The molecule has 6 nitrogen and oxygen atoms in total. The summed E-state index contributed by atoms with van der Waals surface area (Å²) >= 11 is 3.37. The Labute approximate surface area is 177 Å². The van der Waals surface area contributed by atoms with E-state index < -0.39 is 0 Å². The van der Waals surface area contributed by atoms with Crippen LogP contribution in [0.25, 0.3) is 10.8 Å². The van der Waals surface area contributed by atoms with Crippen LogP contribution in [0.2, 0.25) is 0 Å². The van der Waals surface area contributed by atoms with Crippen LogP contribution >= 0.6 is 23.1 Å². The molecule has 0 unspecified atom stereocenters. The van der Waals surface area contributed by atoms with Crippen molar-refractivity contribution in [1.29, 1.82) is 0 Å². The first-order chi connectivity index (χ1) is 14.3. The van der Waals surface area contributed by atoms with E-state index in [1.165, 1.54) is 41.7 Å². The zero-order valence-corrected chi connectivity index (χ0v) is 17.8. The smallest absolute Gasteiger partial charge is 0.257 e. The van der Waals surface area contributed by atoms with Crippen LogP contribution in [0.4, 0.5) is 0 Å². The average Bonchev–Trinajstić information content (AvgIpc) is 3.46. The summed E-state index contributed by atoms with van der Waals surface area (Å²) in [5.41, 5.74) is 2.67. The lowest BCUT2D eigenvalue weighted by Crippen LogP contribution is -2.03. The minimum atomic E-state index is 0.574. The number of thiophene rings is 1. The molecule has 29 heavy (non-hydrogen) atoms. The first-order valence-electron chi connectivity index (χ1n) is 9.77. The molecule has 0 saturated heterocycles. The Morgan fingerprint density at radius 3 is 2.79 bits per heavy atom. The highest BCUT2D eigenvalue weighted by molar-refractivity contribution is 7.98. The number of nitrogens with zero attached hydrogens (tertiary/aromatic N) is 5. The first kappa shape index (κ1) is 18.6. The van der Waals surface area contributed by atoms with Gasteiger partial charge < -0.3 is 8.98 Å². The monoisotopic (exact) mass is 423 g/mol. The Bertz CT molecular complexity index is 1090. The molecular formula is C21H21N5OS2. The van der Waals surface area contributed by atoms with Crippen LogP contribution in [0.15, 0.2) is 46.0 Å². The number of hydrogen-bond acceptors (Lipinski definition) is 7. The van der Waals surface area contributed by atoms with Gasteiger partial charge in [0.25, 0.3) is 5.89 Å². The average molecular weight is 424 g/mol. The minimum Gasteiger partial charge on any atom is -0.419 e. The lowest BCUT2D eigenvalue weighted by atomic mass is 9.99. The van der Waals surface area contributed by atoms with Crippen molar-refractivity contribution in [2.24, 2.45) is 0 Å². The van der Waals surface area contributed by atoms with Gasteiger partial charge in [0.1, 0.15) is 5.82 Å². The molecule has 5 rings (SSSR count). The lowest BCUT2D eigenvalue weighted by Gasteiger charge is -2.08. The molecule has 0 bridgehead atoms. The molecule has 0 spiro atoms. The molecule has 0 atom stereocenters. The first-order valence-corrected chi connectivity index (χ1v) is 11.6. The van der Waals surface area contributed by atoms with E-state index in [1.807, 2.05) is 25.1 Å². The van der Waals surface area contributed by atoms with Crippen LogP contribution in [0, 0.1) is 6.92 Å². The van der Waals surface area contributed by atoms with E-state index in [0.29, 0.717) is 17.5 Å². The molecule has 0 radical (unpaired) electrons. The molecule has 0 saturated carbocycles. The normalized spacial score (nSPS) is 13.6. The second-order valence-corrected chi connectivity index (χ2v) is 9.24. The van der Waals surface area contributed by atoms with Crippen molar-refractivity contribution in [2.75, 3.05) is 0 Å². The van der Waals surface area contributed by atoms with Crippen LogP contribution in [0.5, 0.6) is 0 Å². The summed E-state index contributed by atoms with van der Waals surface area (Å²) in [5.74, 6) is 2.71. The van der Waals surface area contributed by atoms with Crippen LogP contribution in [-0.4, -0.2) is 25.0 Å². The van der Waals surface area contributed by atoms with E-state index in [4.69, 9.17) is 4.42 Å². The van der Waals surface area contributed by atoms with Crippen LogP contribution in [-0.2, 0) is 25.1 Å². The van der Waals surface area contributed by atoms with Crippen molar-refractivity contribution in [2.45, 2.75) is 50.1 Å². The van der Waals surface area contributed by atoms with Crippen molar-refractivity contribution in [1.82, 2.24) is 25.0 Å². The van der Waals surface area contributed by atoms with Crippen LogP contribution in [0.3, 0.4) is 0 Å². The zero-order chi connectivity index (χ0) is 19.6. The molecular weight excluding hydrogens is 402 g/mol. The number of fused-ring (bicyclic) bond motifs is 1. The summed E-state index contributed by atoms with van der Waals surface area (Å²) in [6.07, 6.45) is 4.89. The van der Waals surface area contributed by atoms with E-state index in [0.717, 1.165) is 22.4 Å². The van der Waals surface area contributed by atoms with Gasteiger partial charge >= 0.3 is 0 Å². The second kappa shape index (κ2) is 8.12. The number of rotatable bonds is 6. The summed E-state index contributed by atoms with van der Waals surface area (Å²) in [5, 5.41) is 17.9. The molecule has 3 aromatic heterocycles. The third-order valence-electron chi connectivity index (χ3n) is 5.08. The largest absolute Gasteiger partial charge is 0.419 e. The maximum atomic E-state index is 5.94. The Kier molecular flexibility index (Phi) is 5.20. The Morgan fingerprint density at radius 1 is 1.07 bits per heavy atom. The SMILES string of the molecule is Cc1nnc(SCc2nnc(-c3cc4c(s3)CCCC4)o2)n1Cc1ccccc1. The predicted molar refractivity (Wildman–Crippen MR) is 114 cm³/mol. The van der Waals surface area contributed by atoms with Gasteiger partial charge in [0.15, 0.2) is 5.16 Å². The molecule has 1 aromatic carbocycles. The molecule has 1 aliphatic carbocycles. The highest BCUT2D eigenvalue weighted by atomic mass is 32.2. The van der Waals surface area contributed by atoms with Crippen LogP contribution in [0.1, 0.15) is 40.6 Å². The Balaban J connectivity index is 1.29. The molecule has 0 aliphatic heterocycles. The molecule has 0 N–H and O–H groups in total. The van der Waals surface area contributed by atoms with E-state index in [9.17, 15) is 0 Å². The van der Waals surface area contributed by atoms with Crippen LogP contribution < -0.4 is 0 Å². The van der Waals surface area contributed by atoms with Gasteiger partial charge in [-0.3, -0.25) is 0 Å². The molecule has 0 fully saturated rings. The van der Waals surface area contributed by atoms with Crippen molar-refractivity contribution < 1.29 is 4.42 Å². The van der Waals surface area contributed by atoms with E-state index in [2.05, 4.69) is 43.2 Å².